The molecule has 0 radical (unpaired) electrons. The van der Waals surface area contributed by atoms with Crippen LogP contribution in [0.1, 0.15) is 0 Å². The summed E-state index contributed by atoms with van der Waals surface area (Å²) in [5.74, 6) is 0.577. The van der Waals surface area contributed by atoms with Crippen LogP contribution < -0.4 is 0 Å². The van der Waals surface area contributed by atoms with Gasteiger partial charge in [-0.05, 0) is 24.3 Å². The van der Waals surface area contributed by atoms with Gasteiger partial charge >= 0.3 is 0 Å². The molecule has 0 aliphatic carbocycles. The van der Waals surface area contributed by atoms with Crippen LogP contribution >= 0.6 is 10.7 Å². The molecule has 0 saturated carbocycles. The van der Waals surface area contributed by atoms with E-state index in [4.69, 9.17) is 15.2 Å². The number of benzene rings is 1. The molecule has 4 nitrogen and oxygen atoms in total. The number of aromatic nitrogens is 1. The van der Waals surface area contributed by atoms with Crippen LogP contribution in [0.15, 0.2) is 45.9 Å². The highest BCUT2D eigenvalue weighted by Gasteiger charge is 2.10. The molecule has 2 rings (SSSR count). The highest BCUT2D eigenvalue weighted by Crippen LogP contribution is 2.22. The van der Waals surface area contributed by atoms with Crippen molar-refractivity contribution in [2.45, 2.75) is 4.90 Å². The molecular weight excluding hydrogens is 238 g/mol. The lowest BCUT2D eigenvalue weighted by Crippen LogP contribution is -1.89. The summed E-state index contributed by atoms with van der Waals surface area (Å²) in [5, 5.41) is 3.55. The first-order valence-electron chi connectivity index (χ1n) is 4.03. The van der Waals surface area contributed by atoms with Crippen molar-refractivity contribution in [1.29, 1.82) is 0 Å². The second kappa shape index (κ2) is 3.67. The van der Waals surface area contributed by atoms with Crippen LogP contribution in [0.25, 0.3) is 11.3 Å². The topological polar surface area (TPSA) is 60.2 Å². The molecule has 0 saturated heterocycles. The molecule has 6 heteroatoms. The average Bonchev–Trinajstić information content (AvgIpc) is 2.69. The Labute approximate surface area is 90.9 Å². The van der Waals surface area contributed by atoms with Gasteiger partial charge in [0.15, 0.2) is 5.76 Å². The molecule has 1 aromatic carbocycles. The maximum absolute atomic E-state index is 11.0. The van der Waals surface area contributed by atoms with E-state index in [0.29, 0.717) is 5.76 Å². The normalized spacial score (nSPS) is 11.5. The minimum absolute atomic E-state index is 0.0624. The van der Waals surface area contributed by atoms with Gasteiger partial charge in [-0.25, -0.2) is 8.42 Å². The van der Waals surface area contributed by atoms with E-state index in [-0.39, 0.29) is 4.90 Å². The summed E-state index contributed by atoms with van der Waals surface area (Å²) in [6, 6.07) is 7.73. The summed E-state index contributed by atoms with van der Waals surface area (Å²) in [5.41, 5.74) is 0.747. The van der Waals surface area contributed by atoms with Gasteiger partial charge in [0, 0.05) is 22.3 Å². The van der Waals surface area contributed by atoms with Gasteiger partial charge in [0.1, 0.15) is 0 Å². The molecule has 0 spiro atoms. The van der Waals surface area contributed by atoms with Crippen molar-refractivity contribution in [3.05, 3.63) is 36.5 Å². The van der Waals surface area contributed by atoms with Gasteiger partial charge < -0.3 is 4.52 Å². The summed E-state index contributed by atoms with van der Waals surface area (Å²) < 4.78 is 26.8. The predicted molar refractivity (Wildman–Crippen MR) is 55.0 cm³/mol. The molecule has 0 N–H and O–H groups in total. The molecule has 0 bridgehead atoms. The Morgan fingerprint density at radius 2 is 1.80 bits per heavy atom. The fraction of sp³-hybridized carbons (Fsp3) is 0. The number of hydrogen-bond donors (Lipinski definition) is 0. The highest BCUT2D eigenvalue weighted by molar-refractivity contribution is 8.13. The summed E-state index contributed by atoms with van der Waals surface area (Å²) in [6.45, 7) is 0. The maximum atomic E-state index is 11.0. The van der Waals surface area contributed by atoms with E-state index >= 15 is 0 Å². The van der Waals surface area contributed by atoms with Crippen LogP contribution in [0.4, 0.5) is 0 Å². The molecule has 0 unspecified atom stereocenters. The summed E-state index contributed by atoms with van der Waals surface area (Å²) in [6.07, 6.45) is 1.52. The first-order valence-corrected chi connectivity index (χ1v) is 6.34. The van der Waals surface area contributed by atoms with Crippen molar-refractivity contribution >= 4 is 19.7 Å². The number of nitrogens with zero attached hydrogens (tertiary/aromatic N) is 1. The van der Waals surface area contributed by atoms with Crippen LogP contribution in [-0.2, 0) is 9.05 Å². The molecule has 1 heterocycles. The van der Waals surface area contributed by atoms with Crippen LogP contribution in [0.3, 0.4) is 0 Å². The summed E-state index contributed by atoms with van der Waals surface area (Å²) in [7, 11) is 1.51. The van der Waals surface area contributed by atoms with Crippen molar-refractivity contribution in [3.63, 3.8) is 0 Å². The number of halogens is 1. The van der Waals surface area contributed by atoms with Crippen LogP contribution in [0.2, 0.25) is 0 Å². The van der Waals surface area contributed by atoms with E-state index < -0.39 is 9.05 Å². The number of hydrogen-bond acceptors (Lipinski definition) is 4. The molecule has 0 aliphatic rings. The number of rotatable bonds is 2. The highest BCUT2D eigenvalue weighted by atomic mass is 35.7. The fourth-order valence-electron chi connectivity index (χ4n) is 1.15. The Morgan fingerprint density at radius 3 is 2.27 bits per heavy atom. The van der Waals surface area contributed by atoms with E-state index in [0.717, 1.165) is 5.56 Å². The third-order valence-corrected chi connectivity index (χ3v) is 3.23. The summed E-state index contributed by atoms with van der Waals surface area (Å²) in [4.78, 5) is 0.0624. The van der Waals surface area contributed by atoms with Gasteiger partial charge in [-0.15, -0.1) is 0 Å². The largest absolute Gasteiger partial charge is 0.356 e. The minimum atomic E-state index is -3.66. The van der Waals surface area contributed by atoms with E-state index in [9.17, 15) is 8.42 Å². The quantitative estimate of drug-likeness (QED) is 0.759. The van der Waals surface area contributed by atoms with E-state index in [1.54, 1.807) is 18.2 Å². The van der Waals surface area contributed by atoms with E-state index in [1.807, 2.05) is 0 Å². The lowest BCUT2D eigenvalue weighted by atomic mass is 10.2. The van der Waals surface area contributed by atoms with Crippen molar-refractivity contribution in [2.75, 3.05) is 0 Å². The van der Waals surface area contributed by atoms with Crippen LogP contribution in [0.5, 0.6) is 0 Å². The first-order chi connectivity index (χ1) is 7.07. The van der Waals surface area contributed by atoms with Crippen molar-refractivity contribution < 1.29 is 12.9 Å². The van der Waals surface area contributed by atoms with Crippen molar-refractivity contribution in [2.24, 2.45) is 0 Å². The Kier molecular flexibility index (Phi) is 2.50. The Balaban J connectivity index is 2.42. The SMILES string of the molecule is O=S(=O)(Cl)c1ccc(-c2ccno2)cc1. The van der Waals surface area contributed by atoms with Gasteiger partial charge in [0.05, 0.1) is 11.1 Å². The smallest absolute Gasteiger partial charge is 0.261 e. The van der Waals surface area contributed by atoms with Gasteiger partial charge in [-0.1, -0.05) is 5.16 Å². The molecule has 0 aliphatic heterocycles. The minimum Gasteiger partial charge on any atom is -0.356 e. The van der Waals surface area contributed by atoms with Crippen LogP contribution in [-0.4, -0.2) is 13.6 Å². The van der Waals surface area contributed by atoms with Crippen molar-refractivity contribution in [1.82, 2.24) is 5.16 Å². The lowest BCUT2D eigenvalue weighted by Gasteiger charge is -1.97. The third kappa shape index (κ3) is 2.19. The van der Waals surface area contributed by atoms with Gasteiger partial charge in [0.25, 0.3) is 9.05 Å². The van der Waals surface area contributed by atoms with Gasteiger partial charge in [-0.3, -0.25) is 0 Å². The lowest BCUT2D eigenvalue weighted by molar-refractivity contribution is 0.432. The van der Waals surface area contributed by atoms with E-state index in [1.165, 1.54) is 18.3 Å². The monoisotopic (exact) mass is 243 g/mol. The summed E-state index contributed by atoms with van der Waals surface area (Å²) >= 11 is 0. The van der Waals surface area contributed by atoms with Crippen LogP contribution in [0, 0.1) is 0 Å². The van der Waals surface area contributed by atoms with Crippen molar-refractivity contribution in [3.8, 4) is 11.3 Å². The molecule has 78 valence electrons. The Hall–Kier alpha value is -1.33. The third-order valence-electron chi connectivity index (χ3n) is 1.86. The average molecular weight is 244 g/mol. The fourth-order valence-corrected chi connectivity index (χ4v) is 1.92. The molecule has 0 amide bonds. The zero-order valence-electron chi connectivity index (χ0n) is 7.42. The zero-order chi connectivity index (χ0) is 10.9. The standard InChI is InChI=1S/C9H6ClNO3S/c10-15(12,13)8-3-1-7(2-4-8)9-5-6-11-14-9/h1-6H. The molecule has 0 atom stereocenters. The van der Waals surface area contributed by atoms with Gasteiger partial charge in [0.2, 0.25) is 0 Å². The molecular formula is C9H6ClNO3S. The van der Waals surface area contributed by atoms with Gasteiger partial charge in [-0.2, -0.15) is 0 Å². The zero-order valence-corrected chi connectivity index (χ0v) is 8.99. The maximum Gasteiger partial charge on any atom is 0.261 e. The Morgan fingerprint density at radius 1 is 1.13 bits per heavy atom. The van der Waals surface area contributed by atoms with E-state index in [2.05, 4.69) is 5.16 Å². The molecule has 2 aromatic rings. The molecule has 0 fully saturated rings. The Bertz CT molecular complexity index is 546. The second-order valence-electron chi connectivity index (χ2n) is 2.84. The second-order valence-corrected chi connectivity index (χ2v) is 5.40. The first kappa shape index (κ1) is 10.2. The predicted octanol–water partition coefficient (Wildman–Crippen LogP) is 2.27. The molecule has 1 aromatic heterocycles. The molecule has 15 heavy (non-hydrogen) atoms.